The number of hydrogen-bond donors (Lipinski definition) is 3. The monoisotopic (exact) mass is 344 g/mol. The van der Waals surface area contributed by atoms with E-state index in [1.807, 2.05) is 6.92 Å². The number of benzene rings is 1. The van der Waals surface area contributed by atoms with Crippen LogP contribution in [0.5, 0.6) is 0 Å². The smallest absolute Gasteiger partial charge is 0.221 e. The Labute approximate surface area is 151 Å². The minimum absolute atomic E-state index is 0.133. The summed E-state index contributed by atoms with van der Waals surface area (Å²) < 4.78 is 0. The summed E-state index contributed by atoms with van der Waals surface area (Å²) in [6.45, 7) is 6.15. The van der Waals surface area contributed by atoms with Crippen molar-refractivity contribution < 1.29 is 4.79 Å². The highest BCUT2D eigenvalue weighted by atomic mass is 16.1. The molecule has 1 fully saturated rings. The number of hydrogen-bond acceptors (Lipinski definition) is 2. The summed E-state index contributed by atoms with van der Waals surface area (Å²) in [5.74, 6) is 0.892. The minimum atomic E-state index is 0.133. The van der Waals surface area contributed by atoms with E-state index in [0.717, 1.165) is 25.3 Å². The van der Waals surface area contributed by atoms with Gasteiger partial charge in [-0.3, -0.25) is 4.79 Å². The first-order chi connectivity index (χ1) is 12.2. The van der Waals surface area contributed by atoms with Gasteiger partial charge in [0.05, 0.1) is 6.54 Å². The third kappa shape index (κ3) is 7.59. The average Bonchev–Trinajstić information content (AvgIpc) is 2.60. The largest absolute Gasteiger partial charge is 0.357 e. The fourth-order valence-corrected chi connectivity index (χ4v) is 3.16. The average molecular weight is 345 g/mol. The van der Waals surface area contributed by atoms with E-state index in [1.54, 1.807) is 0 Å². The number of aryl methyl sites for hydroxylation is 1. The van der Waals surface area contributed by atoms with E-state index in [1.165, 1.54) is 30.4 Å². The zero-order valence-corrected chi connectivity index (χ0v) is 15.6. The molecule has 2 rings (SSSR count). The molecule has 0 saturated heterocycles. The molecule has 25 heavy (non-hydrogen) atoms. The first kappa shape index (κ1) is 19.3. The van der Waals surface area contributed by atoms with E-state index >= 15 is 0 Å². The van der Waals surface area contributed by atoms with Crippen LogP contribution in [0.15, 0.2) is 29.3 Å². The molecular weight excluding hydrogens is 312 g/mol. The van der Waals surface area contributed by atoms with Crippen LogP contribution in [0, 0.1) is 6.92 Å². The third-order valence-electron chi connectivity index (χ3n) is 4.46. The molecule has 3 N–H and O–H groups in total. The normalized spacial score (nSPS) is 15.7. The molecule has 1 aliphatic rings. The number of amides is 1. The van der Waals surface area contributed by atoms with Gasteiger partial charge in [-0.15, -0.1) is 0 Å². The van der Waals surface area contributed by atoms with Gasteiger partial charge >= 0.3 is 0 Å². The van der Waals surface area contributed by atoms with Gasteiger partial charge in [0.1, 0.15) is 0 Å². The molecule has 0 bridgehead atoms. The van der Waals surface area contributed by atoms with Crippen molar-refractivity contribution in [3.05, 3.63) is 35.4 Å². The number of carbonyl (C=O) groups excluding carboxylic acids is 1. The Hall–Kier alpha value is -2.04. The van der Waals surface area contributed by atoms with Gasteiger partial charge in [-0.1, -0.05) is 49.1 Å². The second-order valence-electron chi connectivity index (χ2n) is 6.76. The summed E-state index contributed by atoms with van der Waals surface area (Å²) in [5.41, 5.74) is 2.43. The molecule has 1 amide bonds. The first-order valence-corrected chi connectivity index (χ1v) is 9.54. The second kappa shape index (κ2) is 10.7. The molecule has 0 radical (unpaired) electrons. The molecule has 1 aliphatic carbocycles. The van der Waals surface area contributed by atoms with E-state index in [9.17, 15) is 4.79 Å². The van der Waals surface area contributed by atoms with Crippen molar-refractivity contribution in [2.75, 3.05) is 13.1 Å². The van der Waals surface area contributed by atoms with Gasteiger partial charge in [-0.25, -0.2) is 4.99 Å². The summed E-state index contributed by atoms with van der Waals surface area (Å²) >= 11 is 0. The fourth-order valence-electron chi connectivity index (χ4n) is 3.16. The van der Waals surface area contributed by atoms with Crippen molar-refractivity contribution in [2.45, 2.75) is 65.0 Å². The Morgan fingerprint density at radius 3 is 2.72 bits per heavy atom. The fraction of sp³-hybridized carbons (Fsp3) is 0.600. The highest BCUT2D eigenvalue weighted by Crippen LogP contribution is 2.17. The van der Waals surface area contributed by atoms with Crippen LogP contribution in [0.1, 0.15) is 56.6 Å². The lowest BCUT2D eigenvalue weighted by atomic mass is 9.95. The van der Waals surface area contributed by atoms with Crippen molar-refractivity contribution in [1.29, 1.82) is 0 Å². The summed E-state index contributed by atoms with van der Waals surface area (Å²) in [7, 11) is 0. The highest BCUT2D eigenvalue weighted by Gasteiger charge is 2.15. The van der Waals surface area contributed by atoms with E-state index < -0.39 is 0 Å². The van der Waals surface area contributed by atoms with Gasteiger partial charge in [-0.2, -0.15) is 0 Å². The summed E-state index contributed by atoms with van der Waals surface area (Å²) in [4.78, 5) is 16.7. The van der Waals surface area contributed by atoms with E-state index in [4.69, 9.17) is 0 Å². The van der Waals surface area contributed by atoms with Crippen LogP contribution in [-0.4, -0.2) is 31.0 Å². The Bertz CT molecular complexity index is 565. The molecule has 1 saturated carbocycles. The lowest BCUT2D eigenvalue weighted by Gasteiger charge is -2.22. The lowest BCUT2D eigenvalue weighted by Crippen LogP contribution is -2.41. The van der Waals surface area contributed by atoms with Gasteiger partial charge in [-0.05, 0) is 32.3 Å². The molecule has 0 aromatic heterocycles. The maximum absolute atomic E-state index is 12.1. The van der Waals surface area contributed by atoms with Crippen LogP contribution < -0.4 is 16.0 Å². The molecule has 0 spiro atoms. The number of rotatable bonds is 7. The Kier molecular flexibility index (Phi) is 8.29. The van der Waals surface area contributed by atoms with Gasteiger partial charge in [0, 0.05) is 25.6 Å². The van der Waals surface area contributed by atoms with Crippen LogP contribution >= 0.6 is 0 Å². The van der Waals surface area contributed by atoms with Crippen molar-refractivity contribution in [3.8, 4) is 0 Å². The van der Waals surface area contributed by atoms with E-state index in [2.05, 4.69) is 52.1 Å². The van der Waals surface area contributed by atoms with Gasteiger partial charge in [0.25, 0.3) is 0 Å². The molecule has 1 aromatic rings. The van der Waals surface area contributed by atoms with Crippen molar-refractivity contribution in [2.24, 2.45) is 4.99 Å². The third-order valence-corrected chi connectivity index (χ3v) is 4.46. The van der Waals surface area contributed by atoms with Crippen LogP contribution in [-0.2, 0) is 11.3 Å². The quantitative estimate of drug-likeness (QED) is 0.526. The van der Waals surface area contributed by atoms with Gasteiger partial charge in [0.2, 0.25) is 5.91 Å². The molecule has 0 aliphatic heterocycles. The zero-order chi connectivity index (χ0) is 17.9. The molecule has 5 heteroatoms. The van der Waals surface area contributed by atoms with Crippen LogP contribution in [0.4, 0.5) is 0 Å². The summed E-state index contributed by atoms with van der Waals surface area (Å²) in [6, 6.07) is 8.74. The van der Waals surface area contributed by atoms with Crippen molar-refractivity contribution >= 4 is 11.9 Å². The molecule has 0 atom stereocenters. The van der Waals surface area contributed by atoms with Crippen molar-refractivity contribution in [3.63, 3.8) is 0 Å². The first-order valence-electron chi connectivity index (χ1n) is 9.54. The van der Waals surface area contributed by atoms with Crippen molar-refractivity contribution in [1.82, 2.24) is 16.0 Å². The second-order valence-corrected chi connectivity index (χ2v) is 6.76. The molecule has 1 aromatic carbocycles. The minimum Gasteiger partial charge on any atom is -0.357 e. The molecular formula is C20H32N4O. The summed E-state index contributed by atoms with van der Waals surface area (Å²) in [6.07, 6.45) is 6.50. The maximum atomic E-state index is 12.1. The molecule has 0 heterocycles. The van der Waals surface area contributed by atoms with Crippen LogP contribution in [0.3, 0.4) is 0 Å². The predicted molar refractivity (Wildman–Crippen MR) is 104 cm³/mol. The maximum Gasteiger partial charge on any atom is 0.221 e. The number of nitrogens with zero attached hydrogens (tertiary/aromatic N) is 1. The number of guanidine groups is 1. The predicted octanol–water partition coefficient (Wildman–Crippen LogP) is 2.89. The highest BCUT2D eigenvalue weighted by molar-refractivity contribution is 5.81. The molecule has 138 valence electrons. The number of aliphatic imine (C=N–C) groups is 1. The summed E-state index contributed by atoms with van der Waals surface area (Å²) in [5, 5.41) is 9.63. The number of nitrogens with one attached hydrogen (secondary N) is 3. The van der Waals surface area contributed by atoms with Gasteiger partial charge < -0.3 is 16.0 Å². The zero-order valence-electron chi connectivity index (χ0n) is 15.6. The van der Waals surface area contributed by atoms with E-state index in [0.29, 0.717) is 25.6 Å². The number of carbonyl (C=O) groups is 1. The standard InChI is InChI=1S/C20H32N4O/c1-3-21-20(23-15-17-9-7-8-16(2)14-17)22-13-12-19(25)24-18-10-5-4-6-11-18/h7-9,14,18H,3-6,10-13,15H2,1-2H3,(H,24,25)(H2,21,22,23). The molecule has 5 nitrogen and oxygen atoms in total. The van der Waals surface area contributed by atoms with Crippen LogP contribution in [0.25, 0.3) is 0 Å². The molecule has 0 unspecified atom stereocenters. The Morgan fingerprint density at radius 1 is 1.20 bits per heavy atom. The van der Waals surface area contributed by atoms with Gasteiger partial charge in [0.15, 0.2) is 5.96 Å². The van der Waals surface area contributed by atoms with E-state index in [-0.39, 0.29) is 5.91 Å². The topological polar surface area (TPSA) is 65.5 Å². The SMILES string of the molecule is CCNC(=NCc1cccc(C)c1)NCCC(=O)NC1CCCCC1. The van der Waals surface area contributed by atoms with Crippen LogP contribution in [0.2, 0.25) is 0 Å². The Balaban J connectivity index is 1.74. The lowest BCUT2D eigenvalue weighted by molar-refractivity contribution is -0.121. The Morgan fingerprint density at radius 2 is 2.00 bits per heavy atom.